The molecule has 2 saturated heterocycles. The van der Waals surface area contributed by atoms with Crippen molar-refractivity contribution in [2.45, 2.75) is 134 Å². The average Bonchev–Trinajstić information content (AvgIpc) is 3.80. The van der Waals surface area contributed by atoms with Crippen molar-refractivity contribution >= 4 is 17.7 Å². The van der Waals surface area contributed by atoms with Crippen LogP contribution in [0, 0.1) is 5.82 Å². The van der Waals surface area contributed by atoms with E-state index in [9.17, 15) is 18.8 Å². The Kier molecular flexibility index (Phi) is 14.7. The number of benzene rings is 2. The molecule has 4 N–H and O–H groups in total. The van der Waals surface area contributed by atoms with Gasteiger partial charge in [0, 0.05) is 19.1 Å². The fraction of sp³-hybridized carbons (Fsp3) is 0.575. The number of amides is 3. The van der Waals surface area contributed by atoms with Crippen molar-refractivity contribution in [2.24, 2.45) is 0 Å². The van der Waals surface area contributed by atoms with Gasteiger partial charge in [-0.3, -0.25) is 19.1 Å². The van der Waals surface area contributed by atoms with Crippen LogP contribution in [0.2, 0.25) is 0 Å². The number of carbonyl (C=O) groups is 3. The third kappa shape index (κ3) is 10.7. The van der Waals surface area contributed by atoms with Gasteiger partial charge in [-0.2, -0.15) is 0 Å². The molecule has 0 saturated carbocycles. The van der Waals surface area contributed by atoms with E-state index in [1.807, 2.05) is 6.20 Å². The first-order valence-electron chi connectivity index (χ1n) is 19.3. The van der Waals surface area contributed by atoms with Crippen molar-refractivity contribution < 1.29 is 23.9 Å². The van der Waals surface area contributed by atoms with Crippen LogP contribution in [0.4, 0.5) is 4.39 Å². The average molecular weight is 718 g/mol. The van der Waals surface area contributed by atoms with Gasteiger partial charge in [0.1, 0.15) is 23.6 Å². The number of carbonyl (C=O) groups excluding carboxylic acids is 3. The van der Waals surface area contributed by atoms with Crippen molar-refractivity contribution in [3.8, 4) is 0 Å². The molecule has 12 heteroatoms. The van der Waals surface area contributed by atoms with Gasteiger partial charge in [-0.1, -0.05) is 74.2 Å². The summed E-state index contributed by atoms with van der Waals surface area (Å²) in [5, 5.41) is 26.9. The SMILES string of the molecule is CCCCCc1ccc(CCCCn2cc([C@@H](NC(=O)[C@@H]3CC[C@@H]4CCCC[C@H](NC(=O)[C@H](C)NCCO)C(=O)N43)c3ccc(F)cc3)nn2)cc1. The Bertz CT molecular complexity index is 1580. The lowest BCUT2D eigenvalue weighted by molar-refractivity contribution is -0.144. The van der Waals surface area contributed by atoms with Crippen molar-refractivity contribution in [1.82, 2.24) is 35.8 Å². The molecular formula is C40H56FN7O4. The molecule has 3 amide bonds. The van der Waals surface area contributed by atoms with Crippen LogP contribution in [0.3, 0.4) is 0 Å². The number of unbranched alkanes of at least 4 members (excludes halogenated alkanes) is 3. The normalized spacial score (nSPS) is 20.1. The zero-order chi connectivity index (χ0) is 36.9. The van der Waals surface area contributed by atoms with Crippen molar-refractivity contribution in [3.63, 3.8) is 0 Å². The topological polar surface area (TPSA) is 141 Å². The second kappa shape index (κ2) is 19.6. The van der Waals surface area contributed by atoms with Crippen LogP contribution < -0.4 is 16.0 Å². The van der Waals surface area contributed by atoms with Crippen molar-refractivity contribution in [1.29, 1.82) is 0 Å². The van der Waals surface area contributed by atoms with Crippen LogP contribution in [0.15, 0.2) is 54.7 Å². The van der Waals surface area contributed by atoms with Gasteiger partial charge in [-0.05, 0) is 93.5 Å². The van der Waals surface area contributed by atoms with E-state index in [4.69, 9.17) is 5.11 Å². The number of nitrogens with zero attached hydrogens (tertiary/aromatic N) is 4. The standard InChI is InChI=1S/C40H56FN7O4/c1-3-4-5-10-29-14-16-30(17-15-29)11-8-9-25-47-27-35(45-46-47)37(31-18-20-32(41)21-19-31)44-39(51)36-23-22-33-12-6-7-13-34(40(52)48(33)36)43-38(50)28(2)42-24-26-49/h14-21,27-28,33-34,36-37,42,49H,3-13,22-26H2,1-2H3,(H,43,50)(H,44,51)/t28-,33-,34-,36-,37-/m0/s1. The molecule has 5 rings (SSSR count). The maximum atomic E-state index is 14.1. The van der Waals surface area contributed by atoms with Gasteiger partial charge in [-0.15, -0.1) is 5.10 Å². The summed E-state index contributed by atoms with van der Waals surface area (Å²) in [6.45, 7) is 4.74. The first kappa shape index (κ1) is 39.1. The van der Waals surface area contributed by atoms with E-state index in [1.54, 1.807) is 28.6 Å². The largest absolute Gasteiger partial charge is 0.395 e. The molecule has 5 atom stereocenters. The summed E-state index contributed by atoms with van der Waals surface area (Å²) >= 11 is 0. The third-order valence-electron chi connectivity index (χ3n) is 10.4. The highest BCUT2D eigenvalue weighted by atomic mass is 19.1. The lowest BCUT2D eigenvalue weighted by Crippen LogP contribution is -2.58. The van der Waals surface area contributed by atoms with Crippen LogP contribution in [0.25, 0.3) is 0 Å². The minimum absolute atomic E-state index is 0.0956. The first-order valence-corrected chi connectivity index (χ1v) is 19.3. The van der Waals surface area contributed by atoms with Gasteiger partial charge in [0.2, 0.25) is 17.7 Å². The quantitative estimate of drug-likeness (QED) is 0.139. The Morgan fingerprint density at radius 2 is 1.63 bits per heavy atom. The zero-order valence-corrected chi connectivity index (χ0v) is 30.7. The Hall–Kier alpha value is -4.16. The maximum absolute atomic E-state index is 14.1. The molecule has 2 aromatic carbocycles. The maximum Gasteiger partial charge on any atom is 0.246 e. The Labute approximate surface area is 307 Å². The summed E-state index contributed by atoms with van der Waals surface area (Å²) in [6, 6.07) is 12.1. The molecule has 2 fully saturated rings. The molecule has 0 aliphatic carbocycles. The monoisotopic (exact) mass is 717 g/mol. The summed E-state index contributed by atoms with van der Waals surface area (Å²) in [6.07, 6.45) is 13.7. The van der Waals surface area contributed by atoms with E-state index in [-0.39, 0.29) is 42.7 Å². The number of hydrogen-bond donors (Lipinski definition) is 4. The predicted octanol–water partition coefficient (Wildman–Crippen LogP) is 4.77. The number of nitrogens with one attached hydrogen (secondary N) is 3. The summed E-state index contributed by atoms with van der Waals surface area (Å²) in [7, 11) is 0. The molecule has 3 heterocycles. The molecule has 282 valence electrons. The number of hydrogen-bond acceptors (Lipinski definition) is 7. The molecule has 52 heavy (non-hydrogen) atoms. The molecule has 1 aromatic heterocycles. The van der Waals surface area contributed by atoms with Crippen LogP contribution in [-0.2, 0) is 33.8 Å². The second-order valence-electron chi connectivity index (χ2n) is 14.4. The van der Waals surface area contributed by atoms with Gasteiger partial charge in [0.15, 0.2) is 0 Å². The number of aryl methyl sites for hydroxylation is 3. The number of fused-ring (bicyclic) bond motifs is 1. The molecule has 11 nitrogen and oxygen atoms in total. The highest BCUT2D eigenvalue weighted by Crippen LogP contribution is 2.32. The Balaban J connectivity index is 1.23. The second-order valence-corrected chi connectivity index (χ2v) is 14.4. The van der Waals surface area contributed by atoms with E-state index in [0.29, 0.717) is 37.1 Å². The lowest BCUT2D eigenvalue weighted by Gasteiger charge is -2.36. The van der Waals surface area contributed by atoms with Gasteiger partial charge in [-0.25, -0.2) is 4.39 Å². The molecule has 2 aliphatic heterocycles. The fourth-order valence-corrected chi connectivity index (χ4v) is 7.42. The molecule has 0 radical (unpaired) electrons. The predicted molar refractivity (Wildman–Crippen MR) is 198 cm³/mol. The summed E-state index contributed by atoms with van der Waals surface area (Å²) in [5.41, 5.74) is 3.90. The molecule has 0 bridgehead atoms. The number of aliphatic hydroxyl groups excluding tert-OH is 1. The van der Waals surface area contributed by atoms with Gasteiger partial charge in [0.05, 0.1) is 24.9 Å². The number of rotatable bonds is 18. The van der Waals surface area contributed by atoms with Gasteiger partial charge in [0.25, 0.3) is 0 Å². The molecular weight excluding hydrogens is 661 g/mol. The molecule has 3 aromatic rings. The van der Waals surface area contributed by atoms with E-state index in [2.05, 4.69) is 57.5 Å². The fourth-order valence-electron chi connectivity index (χ4n) is 7.42. The van der Waals surface area contributed by atoms with Crippen LogP contribution in [0.1, 0.15) is 113 Å². The van der Waals surface area contributed by atoms with Crippen LogP contribution >= 0.6 is 0 Å². The molecule has 2 aliphatic rings. The van der Waals surface area contributed by atoms with Crippen LogP contribution in [0.5, 0.6) is 0 Å². The Morgan fingerprint density at radius 1 is 0.942 bits per heavy atom. The van der Waals surface area contributed by atoms with E-state index in [1.165, 1.54) is 42.5 Å². The van der Waals surface area contributed by atoms with Crippen LogP contribution in [-0.4, -0.2) is 80.0 Å². The smallest absolute Gasteiger partial charge is 0.246 e. The highest BCUT2D eigenvalue weighted by molar-refractivity contribution is 5.94. The third-order valence-corrected chi connectivity index (χ3v) is 10.4. The van der Waals surface area contributed by atoms with Crippen molar-refractivity contribution in [2.75, 3.05) is 13.2 Å². The van der Waals surface area contributed by atoms with E-state index < -0.39 is 24.2 Å². The summed E-state index contributed by atoms with van der Waals surface area (Å²) in [4.78, 5) is 42.7. The lowest BCUT2D eigenvalue weighted by atomic mass is 9.98. The number of aromatic nitrogens is 3. The summed E-state index contributed by atoms with van der Waals surface area (Å²) in [5.74, 6) is -1.28. The summed E-state index contributed by atoms with van der Waals surface area (Å²) < 4.78 is 15.8. The minimum Gasteiger partial charge on any atom is -0.395 e. The van der Waals surface area contributed by atoms with Crippen molar-refractivity contribution in [3.05, 3.63) is 82.9 Å². The minimum atomic E-state index is -0.746. The first-order chi connectivity index (χ1) is 25.3. The van der Waals surface area contributed by atoms with E-state index in [0.717, 1.165) is 44.9 Å². The molecule has 0 spiro atoms. The number of aliphatic hydroxyl groups is 1. The van der Waals surface area contributed by atoms with Gasteiger partial charge >= 0.3 is 0 Å². The van der Waals surface area contributed by atoms with E-state index >= 15 is 0 Å². The van der Waals surface area contributed by atoms with Gasteiger partial charge < -0.3 is 26.0 Å². The number of halogens is 1. The highest BCUT2D eigenvalue weighted by Gasteiger charge is 2.44. The zero-order valence-electron chi connectivity index (χ0n) is 30.7. The Morgan fingerprint density at radius 3 is 2.33 bits per heavy atom. The molecule has 0 unspecified atom stereocenters.